The first-order valence-corrected chi connectivity index (χ1v) is 12.5. The normalized spacial score (nSPS) is 12.2. The van der Waals surface area contributed by atoms with E-state index in [4.69, 9.17) is 16.6 Å². The molecule has 174 valence electrons. The predicted octanol–water partition coefficient (Wildman–Crippen LogP) is 4.99. The number of anilines is 1. The van der Waals surface area contributed by atoms with Crippen molar-refractivity contribution in [3.8, 4) is 22.0 Å². The maximum absolute atomic E-state index is 12.4. The van der Waals surface area contributed by atoms with E-state index in [0.717, 1.165) is 58.9 Å². The third kappa shape index (κ3) is 4.80. The number of thiazole rings is 1. The first kappa shape index (κ1) is 22.5. The molecule has 3 heterocycles. The molecular weight excluding hydrogens is 470 g/mol. The molecule has 0 fully saturated rings. The summed E-state index contributed by atoms with van der Waals surface area (Å²) in [6.45, 7) is 3.58. The fourth-order valence-corrected chi connectivity index (χ4v) is 5.18. The Kier molecular flexibility index (Phi) is 6.55. The molecule has 5 rings (SSSR count). The van der Waals surface area contributed by atoms with Gasteiger partial charge in [-0.2, -0.15) is 0 Å². The lowest BCUT2D eigenvalue weighted by molar-refractivity contribution is 0.252. The lowest BCUT2D eigenvalue weighted by Gasteiger charge is -2.14. The number of aromatic nitrogens is 5. The van der Waals surface area contributed by atoms with E-state index in [1.807, 2.05) is 43.0 Å². The highest BCUT2D eigenvalue weighted by atomic mass is 35.5. The van der Waals surface area contributed by atoms with Crippen LogP contribution < -0.4 is 10.6 Å². The van der Waals surface area contributed by atoms with E-state index in [2.05, 4.69) is 37.1 Å². The Labute approximate surface area is 206 Å². The summed E-state index contributed by atoms with van der Waals surface area (Å²) in [5.41, 5.74) is 4.63. The molecular formula is C24H24ClN7OS. The molecule has 3 aromatic heterocycles. The molecule has 34 heavy (non-hydrogen) atoms. The van der Waals surface area contributed by atoms with Crippen molar-refractivity contribution < 1.29 is 4.79 Å². The number of nitrogens with zero attached hydrogens (tertiary/aromatic N) is 5. The number of fused-ring (bicyclic) bond motifs is 3. The number of benzene rings is 1. The second kappa shape index (κ2) is 9.90. The molecule has 0 atom stereocenters. The highest BCUT2D eigenvalue weighted by molar-refractivity contribution is 7.19. The third-order valence-corrected chi connectivity index (χ3v) is 6.93. The van der Waals surface area contributed by atoms with Crippen LogP contribution in [0, 0.1) is 0 Å². The number of hydrogen-bond donors (Lipinski definition) is 2. The molecule has 1 aromatic carbocycles. The standard InChI is InChI=1S/C24H24ClN7OS/c1-2-11-32-13-16(28-14-32)9-10-26-23(33)31-24-29-19-8-7-15-12-27-22(30-20(15)21(19)34-24)17-5-3-4-6-18(17)25/h3-6,12-14H,2,7-11H2,1H3,(H2,26,29,31,33). The number of amides is 2. The van der Waals surface area contributed by atoms with Gasteiger partial charge < -0.3 is 9.88 Å². The summed E-state index contributed by atoms with van der Waals surface area (Å²) in [5.74, 6) is 0.583. The Morgan fingerprint density at radius 3 is 2.94 bits per heavy atom. The van der Waals surface area contributed by atoms with Gasteiger partial charge in [0.2, 0.25) is 0 Å². The van der Waals surface area contributed by atoms with Gasteiger partial charge in [0.1, 0.15) is 0 Å². The largest absolute Gasteiger partial charge is 0.337 e. The monoisotopic (exact) mass is 493 g/mol. The summed E-state index contributed by atoms with van der Waals surface area (Å²) >= 11 is 7.78. The fourth-order valence-electron chi connectivity index (χ4n) is 3.93. The van der Waals surface area contributed by atoms with Crippen LogP contribution >= 0.6 is 22.9 Å². The van der Waals surface area contributed by atoms with Gasteiger partial charge in [-0.05, 0) is 37.0 Å². The van der Waals surface area contributed by atoms with Crippen LogP contribution in [0.5, 0.6) is 0 Å². The van der Waals surface area contributed by atoms with Crippen molar-refractivity contribution in [3.63, 3.8) is 0 Å². The van der Waals surface area contributed by atoms with Crippen LogP contribution in [0.15, 0.2) is 43.0 Å². The topological polar surface area (TPSA) is 97.6 Å². The molecule has 1 aliphatic rings. The summed E-state index contributed by atoms with van der Waals surface area (Å²) in [7, 11) is 0. The molecule has 0 radical (unpaired) electrons. The number of carbonyl (C=O) groups excluding carboxylic acids is 1. The minimum Gasteiger partial charge on any atom is -0.337 e. The smallest absolute Gasteiger partial charge is 0.321 e. The zero-order chi connectivity index (χ0) is 23.5. The Hall–Kier alpha value is -3.30. The average Bonchev–Trinajstić information content (AvgIpc) is 3.46. The molecule has 0 saturated heterocycles. The minimum absolute atomic E-state index is 0.279. The van der Waals surface area contributed by atoms with Crippen LogP contribution in [-0.4, -0.2) is 37.1 Å². The maximum Gasteiger partial charge on any atom is 0.321 e. The number of nitrogens with one attached hydrogen (secondary N) is 2. The van der Waals surface area contributed by atoms with Gasteiger partial charge >= 0.3 is 6.03 Å². The van der Waals surface area contributed by atoms with Gasteiger partial charge in [-0.3, -0.25) is 5.32 Å². The zero-order valence-corrected chi connectivity index (χ0v) is 20.3. The molecule has 1 aliphatic carbocycles. The van der Waals surface area contributed by atoms with Crippen LogP contribution in [0.3, 0.4) is 0 Å². The van der Waals surface area contributed by atoms with E-state index < -0.39 is 0 Å². The van der Waals surface area contributed by atoms with Crippen molar-refractivity contribution in [2.24, 2.45) is 0 Å². The number of aryl methyl sites for hydroxylation is 3. The van der Waals surface area contributed by atoms with Gasteiger partial charge in [-0.25, -0.2) is 24.7 Å². The Morgan fingerprint density at radius 2 is 2.09 bits per heavy atom. The van der Waals surface area contributed by atoms with Gasteiger partial charge in [0, 0.05) is 37.5 Å². The van der Waals surface area contributed by atoms with Gasteiger partial charge in [-0.15, -0.1) is 0 Å². The van der Waals surface area contributed by atoms with Gasteiger partial charge in [0.15, 0.2) is 11.0 Å². The van der Waals surface area contributed by atoms with E-state index in [0.29, 0.717) is 28.9 Å². The number of imidazole rings is 1. The lowest BCUT2D eigenvalue weighted by Crippen LogP contribution is -2.30. The van der Waals surface area contributed by atoms with E-state index in [9.17, 15) is 4.79 Å². The second-order valence-corrected chi connectivity index (χ2v) is 9.48. The highest BCUT2D eigenvalue weighted by Gasteiger charge is 2.24. The predicted molar refractivity (Wildman–Crippen MR) is 134 cm³/mol. The van der Waals surface area contributed by atoms with Crippen molar-refractivity contribution in [1.82, 2.24) is 29.8 Å². The summed E-state index contributed by atoms with van der Waals surface area (Å²) in [4.78, 5) is 31.7. The van der Waals surface area contributed by atoms with Crippen molar-refractivity contribution in [1.29, 1.82) is 0 Å². The molecule has 4 aromatic rings. The summed E-state index contributed by atoms with van der Waals surface area (Å²) in [6, 6.07) is 7.26. The molecule has 10 heteroatoms. The van der Waals surface area contributed by atoms with Crippen molar-refractivity contribution in [2.75, 3.05) is 11.9 Å². The number of urea groups is 1. The van der Waals surface area contributed by atoms with Crippen molar-refractivity contribution in [3.05, 3.63) is 65.0 Å². The van der Waals surface area contributed by atoms with Gasteiger partial charge in [0.05, 0.1) is 33.3 Å². The van der Waals surface area contributed by atoms with E-state index in [1.54, 1.807) is 0 Å². The maximum atomic E-state index is 12.4. The molecule has 2 N–H and O–H groups in total. The Morgan fingerprint density at radius 1 is 1.21 bits per heavy atom. The molecule has 0 spiro atoms. The molecule has 0 aliphatic heterocycles. The van der Waals surface area contributed by atoms with E-state index in [-0.39, 0.29) is 6.03 Å². The summed E-state index contributed by atoms with van der Waals surface area (Å²) < 4.78 is 2.06. The minimum atomic E-state index is -0.279. The number of halogens is 1. The van der Waals surface area contributed by atoms with Crippen LogP contribution in [0.25, 0.3) is 22.0 Å². The molecule has 8 nitrogen and oxygen atoms in total. The van der Waals surface area contributed by atoms with Crippen molar-refractivity contribution >= 4 is 34.1 Å². The molecule has 2 amide bonds. The Balaban J connectivity index is 1.26. The zero-order valence-electron chi connectivity index (χ0n) is 18.7. The van der Waals surface area contributed by atoms with Crippen LogP contribution in [-0.2, 0) is 25.8 Å². The molecule has 0 saturated carbocycles. The Bertz CT molecular complexity index is 1330. The first-order valence-electron chi connectivity index (χ1n) is 11.3. The number of rotatable bonds is 7. The molecule has 0 bridgehead atoms. The SMILES string of the molecule is CCCn1cnc(CCNC(=O)Nc2nc3c(s2)-c2nc(-c4ccccc4Cl)ncc2CC3)c1. The van der Waals surface area contributed by atoms with Crippen LogP contribution in [0.1, 0.15) is 30.3 Å². The quantitative estimate of drug-likeness (QED) is 0.378. The molecule has 0 unspecified atom stereocenters. The average molecular weight is 494 g/mol. The second-order valence-electron chi connectivity index (χ2n) is 8.08. The summed E-state index contributed by atoms with van der Waals surface area (Å²) in [5, 5.41) is 6.91. The first-order chi connectivity index (χ1) is 16.6. The van der Waals surface area contributed by atoms with E-state index in [1.165, 1.54) is 11.3 Å². The fraction of sp³-hybridized carbons (Fsp3) is 0.292. The van der Waals surface area contributed by atoms with Gasteiger partial charge in [0.25, 0.3) is 0 Å². The lowest BCUT2D eigenvalue weighted by atomic mass is 9.99. The van der Waals surface area contributed by atoms with Crippen LogP contribution in [0.2, 0.25) is 5.02 Å². The third-order valence-electron chi connectivity index (χ3n) is 5.58. The van der Waals surface area contributed by atoms with E-state index >= 15 is 0 Å². The van der Waals surface area contributed by atoms with Gasteiger partial charge in [-0.1, -0.05) is 42.0 Å². The highest BCUT2D eigenvalue weighted by Crippen LogP contribution is 2.39. The number of hydrogen-bond acceptors (Lipinski definition) is 6. The van der Waals surface area contributed by atoms with Crippen LogP contribution in [0.4, 0.5) is 9.93 Å². The summed E-state index contributed by atoms with van der Waals surface area (Å²) in [6.07, 6.45) is 9.05. The number of carbonyl (C=O) groups is 1. The van der Waals surface area contributed by atoms with Crippen molar-refractivity contribution in [2.45, 2.75) is 39.2 Å².